The Labute approximate surface area is 84.7 Å². The van der Waals surface area contributed by atoms with Gasteiger partial charge in [0.25, 0.3) is 0 Å². The number of anilines is 1. The van der Waals surface area contributed by atoms with E-state index in [1.807, 2.05) is 12.1 Å². The topological polar surface area (TPSA) is 59.6 Å². The van der Waals surface area contributed by atoms with Gasteiger partial charge in [-0.05, 0) is 18.2 Å². The molecule has 0 unspecified atom stereocenters. The summed E-state index contributed by atoms with van der Waals surface area (Å²) >= 11 is 3.29. The van der Waals surface area contributed by atoms with Crippen molar-refractivity contribution in [3.05, 3.63) is 28.2 Å². The van der Waals surface area contributed by atoms with Gasteiger partial charge in [0.2, 0.25) is 0 Å². The summed E-state index contributed by atoms with van der Waals surface area (Å²) in [5.74, 6) is 0. The maximum absolute atomic E-state index is 8.72. The number of nitrogens with zero attached hydrogens (tertiary/aromatic N) is 2. The normalized spacial score (nSPS) is 8.54. The quantitative estimate of drug-likeness (QED) is 0.801. The fraction of sp³-hybridized carbons (Fsp3) is 0.111. The Balaban J connectivity index is 2.97. The molecular weight excluding hydrogens is 230 g/mol. The molecule has 1 N–H and O–H groups in total. The van der Waals surface area contributed by atoms with Crippen molar-refractivity contribution in [3.8, 4) is 12.1 Å². The lowest BCUT2D eigenvalue weighted by Gasteiger charge is -2.03. The Morgan fingerprint density at radius 3 is 2.77 bits per heavy atom. The smallest absolute Gasteiger partial charge is 0.103 e. The summed E-state index contributed by atoms with van der Waals surface area (Å²) in [6.45, 7) is 0.200. The van der Waals surface area contributed by atoms with Crippen molar-refractivity contribution in [2.24, 2.45) is 0 Å². The monoisotopic (exact) mass is 235 g/mol. The summed E-state index contributed by atoms with van der Waals surface area (Å²) in [7, 11) is 0. The number of hydrogen-bond acceptors (Lipinski definition) is 3. The van der Waals surface area contributed by atoms with Gasteiger partial charge in [0.05, 0.1) is 17.3 Å². The van der Waals surface area contributed by atoms with Gasteiger partial charge in [0.15, 0.2) is 0 Å². The molecule has 0 amide bonds. The maximum Gasteiger partial charge on any atom is 0.103 e. The molecule has 3 nitrogen and oxygen atoms in total. The summed E-state index contributed by atoms with van der Waals surface area (Å²) in [4.78, 5) is 0. The average molecular weight is 236 g/mol. The van der Waals surface area contributed by atoms with Crippen LogP contribution in [-0.4, -0.2) is 6.54 Å². The zero-order valence-electron chi connectivity index (χ0n) is 6.71. The molecule has 0 spiro atoms. The zero-order chi connectivity index (χ0) is 9.68. The van der Waals surface area contributed by atoms with Crippen LogP contribution in [0.1, 0.15) is 5.56 Å². The van der Waals surface area contributed by atoms with E-state index in [0.717, 1.165) is 4.47 Å². The van der Waals surface area contributed by atoms with E-state index in [1.165, 1.54) is 0 Å². The molecule has 1 aromatic rings. The van der Waals surface area contributed by atoms with Gasteiger partial charge in [-0.2, -0.15) is 10.5 Å². The SMILES string of the molecule is N#CCNc1cc(Br)ccc1C#N. The first kappa shape index (κ1) is 9.57. The molecule has 0 aliphatic rings. The Morgan fingerprint density at radius 1 is 1.38 bits per heavy atom. The maximum atomic E-state index is 8.72. The van der Waals surface area contributed by atoms with E-state index in [2.05, 4.69) is 21.2 Å². The first-order chi connectivity index (χ1) is 6.27. The second-order valence-corrected chi connectivity index (χ2v) is 3.23. The van der Waals surface area contributed by atoms with Crippen LogP contribution >= 0.6 is 15.9 Å². The number of nitriles is 2. The van der Waals surface area contributed by atoms with Gasteiger partial charge in [-0.3, -0.25) is 0 Å². The van der Waals surface area contributed by atoms with E-state index >= 15 is 0 Å². The molecular formula is C9H6BrN3. The number of halogens is 1. The van der Waals surface area contributed by atoms with Crippen LogP contribution in [0.25, 0.3) is 0 Å². The van der Waals surface area contributed by atoms with E-state index in [1.54, 1.807) is 18.2 Å². The van der Waals surface area contributed by atoms with Crippen molar-refractivity contribution < 1.29 is 0 Å². The zero-order valence-corrected chi connectivity index (χ0v) is 8.30. The summed E-state index contributed by atoms with van der Waals surface area (Å²) in [6.07, 6.45) is 0. The lowest BCUT2D eigenvalue weighted by atomic mass is 10.2. The molecule has 0 atom stereocenters. The molecule has 0 saturated carbocycles. The van der Waals surface area contributed by atoms with Gasteiger partial charge < -0.3 is 5.32 Å². The lowest BCUT2D eigenvalue weighted by Crippen LogP contribution is -2.00. The minimum atomic E-state index is 0.200. The average Bonchev–Trinajstić information content (AvgIpc) is 2.15. The summed E-state index contributed by atoms with van der Waals surface area (Å²) in [5, 5.41) is 19.9. The fourth-order valence-electron chi connectivity index (χ4n) is 0.895. The Kier molecular flexibility index (Phi) is 3.31. The third kappa shape index (κ3) is 2.47. The van der Waals surface area contributed by atoms with Gasteiger partial charge in [0, 0.05) is 4.47 Å². The molecule has 0 aliphatic carbocycles. The third-order valence-electron chi connectivity index (χ3n) is 1.46. The molecule has 0 radical (unpaired) electrons. The molecule has 1 aromatic carbocycles. The van der Waals surface area contributed by atoms with Gasteiger partial charge in [0.1, 0.15) is 12.6 Å². The highest BCUT2D eigenvalue weighted by atomic mass is 79.9. The molecule has 0 heterocycles. The highest BCUT2D eigenvalue weighted by Crippen LogP contribution is 2.20. The van der Waals surface area contributed by atoms with E-state index in [4.69, 9.17) is 10.5 Å². The van der Waals surface area contributed by atoms with Crippen LogP contribution in [0.3, 0.4) is 0 Å². The first-order valence-corrected chi connectivity index (χ1v) is 4.37. The van der Waals surface area contributed by atoms with E-state index < -0.39 is 0 Å². The molecule has 0 aliphatic heterocycles. The highest BCUT2D eigenvalue weighted by molar-refractivity contribution is 9.10. The number of rotatable bonds is 2. The Morgan fingerprint density at radius 2 is 2.15 bits per heavy atom. The lowest BCUT2D eigenvalue weighted by molar-refractivity contribution is 1.30. The van der Waals surface area contributed by atoms with Gasteiger partial charge in [-0.25, -0.2) is 0 Å². The molecule has 64 valence electrons. The minimum Gasteiger partial charge on any atom is -0.371 e. The van der Waals surface area contributed by atoms with Crippen molar-refractivity contribution in [2.75, 3.05) is 11.9 Å². The second-order valence-electron chi connectivity index (χ2n) is 2.31. The van der Waals surface area contributed by atoms with Crippen molar-refractivity contribution >= 4 is 21.6 Å². The van der Waals surface area contributed by atoms with Crippen molar-refractivity contribution in [1.82, 2.24) is 0 Å². The van der Waals surface area contributed by atoms with Gasteiger partial charge in [-0.15, -0.1) is 0 Å². The van der Waals surface area contributed by atoms with Crippen LogP contribution in [-0.2, 0) is 0 Å². The molecule has 0 bridgehead atoms. The molecule has 0 fully saturated rings. The molecule has 4 heteroatoms. The molecule has 13 heavy (non-hydrogen) atoms. The van der Waals surface area contributed by atoms with Crippen LogP contribution < -0.4 is 5.32 Å². The van der Waals surface area contributed by atoms with Crippen molar-refractivity contribution in [3.63, 3.8) is 0 Å². The van der Waals surface area contributed by atoms with E-state index in [0.29, 0.717) is 11.3 Å². The van der Waals surface area contributed by atoms with Crippen LogP contribution in [0.5, 0.6) is 0 Å². The van der Waals surface area contributed by atoms with Crippen LogP contribution in [0.4, 0.5) is 5.69 Å². The molecule has 0 aromatic heterocycles. The molecule has 0 saturated heterocycles. The fourth-order valence-corrected chi connectivity index (χ4v) is 1.26. The van der Waals surface area contributed by atoms with Gasteiger partial charge in [-0.1, -0.05) is 15.9 Å². The number of nitrogens with one attached hydrogen (secondary N) is 1. The van der Waals surface area contributed by atoms with Crippen molar-refractivity contribution in [2.45, 2.75) is 0 Å². The van der Waals surface area contributed by atoms with E-state index in [9.17, 15) is 0 Å². The second kappa shape index (κ2) is 4.49. The van der Waals surface area contributed by atoms with Crippen LogP contribution in [0, 0.1) is 22.7 Å². The van der Waals surface area contributed by atoms with Crippen LogP contribution in [0.2, 0.25) is 0 Å². The minimum absolute atomic E-state index is 0.200. The standard InChI is InChI=1S/C9H6BrN3/c10-8-2-1-7(6-12)9(5-8)13-4-3-11/h1-2,5,13H,4H2. The summed E-state index contributed by atoms with van der Waals surface area (Å²) < 4.78 is 0.881. The van der Waals surface area contributed by atoms with E-state index in [-0.39, 0.29) is 6.54 Å². The van der Waals surface area contributed by atoms with Gasteiger partial charge >= 0.3 is 0 Å². The number of benzene rings is 1. The molecule has 1 rings (SSSR count). The largest absolute Gasteiger partial charge is 0.371 e. The third-order valence-corrected chi connectivity index (χ3v) is 1.95. The van der Waals surface area contributed by atoms with Crippen LogP contribution in [0.15, 0.2) is 22.7 Å². The predicted octanol–water partition coefficient (Wildman–Crippen LogP) is 2.26. The Hall–Kier alpha value is -1.52. The summed E-state index contributed by atoms with van der Waals surface area (Å²) in [6, 6.07) is 9.25. The Bertz CT molecular complexity index is 387. The van der Waals surface area contributed by atoms with Crippen molar-refractivity contribution in [1.29, 1.82) is 10.5 Å². The highest BCUT2D eigenvalue weighted by Gasteiger charge is 2.00. The number of hydrogen-bond donors (Lipinski definition) is 1. The first-order valence-electron chi connectivity index (χ1n) is 3.58. The predicted molar refractivity (Wildman–Crippen MR) is 53.0 cm³/mol. The summed E-state index contributed by atoms with van der Waals surface area (Å²) in [5.41, 5.74) is 1.22.